The van der Waals surface area contributed by atoms with Crippen molar-refractivity contribution < 1.29 is 14.3 Å². The van der Waals surface area contributed by atoms with Gasteiger partial charge in [0.1, 0.15) is 5.70 Å². The number of anilines is 1. The first kappa shape index (κ1) is 16.9. The zero-order valence-corrected chi connectivity index (χ0v) is 15.9. The molecule has 0 saturated heterocycles. The van der Waals surface area contributed by atoms with E-state index < -0.39 is 0 Å². The monoisotopic (exact) mass is 375 g/mol. The summed E-state index contributed by atoms with van der Waals surface area (Å²) in [4.78, 5) is 22.2. The summed E-state index contributed by atoms with van der Waals surface area (Å²) in [6, 6.07) is 15.4. The average Bonchev–Trinajstić information content (AvgIpc) is 3.25. The smallest absolute Gasteiger partial charge is 0.275 e. The minimum absolute atomic E-state index is 0.00261. The second kappa shape index (κ2) is 6.41. The molecule has 1 amide bonds. The molecular formula is C22H21N3O3. The van der Waals surface area contributed by atoms with Crippen LogP contribution in [0.4, 0.5) is 5.69 Å². The molecule has 3 aliphatic heterocycles. The number of aliphatic imine (C=N–C) groups is 1. The molecule has 6 heteroatoms. The van der Waals surface area contributed by atoms with E-state index in [1.165, 1.54) is 0 Å². The number of amides is 1. The maximum Gasteiger partial charge on any atom is 0.275 e. The first-order chi connectivity index (χ1) is 13.6. The van der Waals surface area contributed by atoms with Crippen molar-refractivity contribution in [3.8, 4) is 11.5 Å². The third kappa shape index (κ3) is 2.48. The Morgan fingerprint density at radius 1 is 1.07 bits per heavy atom. The van der Waals surface area contributed by atoms with Gasteiger partial charge in [0.25, 0.3) is 5.91 Å². The fourth-order valence-corrected chi connectivity index (χ4v) is 4.16. The van der Waals surface area contributed by atoms with E-state index in [4.69, 9.17) is 14.5 Å². The van der Waals surface area contributed by atoms with Crippen molar-refractivity contribution in [1.29, 1.82) is 0 Å². The van der Waals surface area contributed by atoms with Gasteiger partial charge in [-0.2, -0.15) is 0 Å². The standard InChI is InChI=1S/C22H21N3O3/c1-14-19-20(15-8-9-17-18(12-15)28-13-27-17)25(16-6-4-3-5-7-16)22(26)21(19)24(2)11-10-23-14/h3-9,12,20H,10-11,13H2,1-2H3. The normalized spacial score (nSPS) is 21.0. The number of hydrogen-bond donors (Lipinski definition) is 0. The molecule has 0 radical (unpaired) electrons. The van der Waals surface area contributed by atoms with E-state index in [0.29, 0.717) is 12.3 Å². The zero-order valence-electron chi connectivity index (χ0n) is 15.9. The molecule has 0 bridgehead atoms. The molecule has 2 aromatic rings. The van der Waals surface area contributed by atoms with Crippen molar-refractivity contribution in [2.24, 2.45) is 4.99 Å². The predicted molar refractivity (Wildman–Crippen MR) is 107 cm³/mol. The van der Waals surface area contributed by atoms with Crippen LogP contribution in [0.5, 0.6) is 11.5 Å². The molecule has 3 heterocycles. The lowest BCUT2D eigenvalue weighted by Crippen LogP contribution is -2.34. The number of benzene rings is 2. The van der Waals surface area contributed by atoms with Crippen LogP contribution in [0, 0.1) is 0 Å². The molecule has 0 aliphatic carbocycles. The molecule has 1 unspecified atom stereocenters. The summed E-state index contributed by atoms with van der Waals surface area (Å²) in [6.45, 7) is 3.62. The number of carbonyl (C=O) groups excluding carboxylic acids is 1. The molecule has 5 rings (SSSR count). The van der Waals surface area contributed by atoms with Crippen LogP contribution in [0.1, 0.15) is 18.5 Å². The molecule has 28 heavy (non-hydrogen) atoms. The van der Waals surface area contributed by atoms with Crippen LogP contribution in [-0.2, 0) is 4.79 Å². The van der Waals surface area contributed by atoms with Gasteiger partial charge in [0.05, 0.1) is 12.6 Å². The van der Waals surface area contributed by atoms with Crippen LogP contribution < -0.4 is 14.4 Å². The van der Waals surface area contributed by atoms with Gasteiger partial charge >= 0.3 is 0 Å². The Hall–Kier alpha value is -3.28. The Bertz CT molecular complexity index is 1010. The van der Waals surface area contributed by atoms with Crippen LogP contribution in [0.3, 0.4) is 0 Å². The van der Waals surface area contributed by atoms with Gasteiger partial charge < -0.3 is 14.4 Å². The third-order valence-corrected chi connectivity index (χ3v) is 5.51. The summed E-state index contributed by atoms with van der Waals surface area (Å²) in [7, 11) is 1.96. The summed E-state index contributed by atoms with van der Waals surface area (Å²) in [5.41, 5.74) is 4.45. The van der Waals surface area contributed by atoms with E-state index in [-0.39, 0.29) is 18.7 Å². The van der Waals surface area contributed by atoms with Gasteiger partial charge in [0.15, 0.2) is 11.5 Å². The zero-order chi connectivity index (χ0) is 19.3. The number of rotatable bonds is 2. The van der Waals surface area contributed by atoms with Crippen LogP contribution in [0.15, 0.2) is 64.8 Å². The number of ether oxygens (including phenoxy) is 2. The molecule has 142 valence electrons. The molecule has 0 spiro atoms. The molecule has 1 atom stereocenters. The summed E-state index contributed by atoms with van der Waals surface area (Å²) in [5.74, 6) is 1.45. The molecule has 2 aromatic carbocycles. The first-order valence-electron chi connectivity index (χ1n) is 9.40. The summed E-state index contributed by atoms with van der Waals surface area (Å²) in [6.07, 6.45) is 0. The van der Waals surface area contributed by atoms with E-state index in [1.54, 1.807) is 0 Å². The summed E-state index contributed by atoms with van der Waals surface area (Å²) >= 11 is 0. The Kier molecular flexibility index (Phi) is 3.86. The summed E-state index contributed by atoms with van der Waals surface area (Å²) < 4.78 is 11.1. The number of hydrogen-bond acceptors (Lipinski definition) is 5. The highest BCUT2D eigenvalue weighted by Gasteiger charge is 2.44. The quantitative estimate of drug-likeness (QED) is 0.809. The van der Waals surface area contributed by atoms with Crippen LogP contribution >= 0.6 is 0 Å². The van der Waals surface area contributed by atoms with Crippen molar-refractivity contribution in [3.05, 3.63) is 65.4 Å². The van der Waals surface area contributed by atoms with Crippen LogP contribution in [0.2, 0.25) is 0 Å². The highest BCUT2D eigenvalue weighted by Crippen LogP contribution is 2.45. The Balaban J connectivity index is 1.71. The highest BCUT2D eigenvalue weighted by molar-refractivity contribution is 6.18. The lowest BCUT2D eigenvalue weighted by Gasteiger charge is -2.28. The second-order valence-corrected chi connectivity index (χ2v) is 7.18. The minimum atomic E-state index is -0.260. The van der Waals surface area contributed by atoms with E-state index in [2.05, 4.69) is 0 Å². The predicted octanol–water partition coefficient (Wildman–Crippen LogP) is 3.16. The second-order valence-electron chi connectivity index (χ2n) is 7.18. The van der Waals surface area contributed by atoms with Gasteiger partial charge in [-0.1, -0.05) is 24.3 Å². The van der Waals surface area contributed by atoms with Gasteiger partial charge in [0.2, 0.25) is 6.79 Å². The number of likely N-dealkylation sites (N-methyl/N-ethyl adjacent to an activating group) is 1. The Labute approximate surface area is 163 Å². The minimum Gasteiger partial charge on any atom is -0.454 e. The highest BCUT2D eigenvalue weighted by atomic mass is 16.7. The molecular weight excluding hydrogens is 354 g/mol. The molecule has 0 saturated carbocycles. The fourth-order valence-electron chi connectivity index (χ4n) is 4.16. The van der Waals surface area contributed by atoms with E-state index in [0.717, 1.165) is 40.5 Å². The van der Waals surface area contributed by atoms with Crippen molar-refractivity contribution >= 4 is 17.3 Å². The lowest BCUT2D eigenvalue weighted by molar-refractivity contribution is -0.116. The first-order valence-corrected chi connectivity index (χ1v) is 9.40. The maximum atomic E-state index is 13.6. The van der Waals surface area contributed by atoms with E-state index in [9.17, 15) is 4.79 Å². The molecule has 0 fully saturated rings. The number of nitrogens with zero attached hydrogens (tertiary/aromatic N) is 3. The van der Waals surface area contributed by atoms with Crippen molar-refractivity contribution in [2.45, 2.75) is 13.0 Å². The largest absolute Gasteiger partial charge is 0.454 e. The lowest BCUT2D eigenvalue weighted by atomic mass is 9.95. The van der Waals surface area contributed by atoms with Crippen LogP contribution in [0.25, 0.3) is 0 Å². The Morgan fingerprint density at radius 2 is 1.86 bits per heavy atom. The van der Waals surface area contributed by atoms with Gasteiger partial charge in [-0.25, -0.2) is 0 Å². The average molecular weight is 375 g/mol. The fraction of sp³-hybridized carbons (Fsp3) is 0.273. The van der Waals surface area contributed by atoms with Gasteiger partial charge in [-0.15, -0.1) is 0 Å². The van der Waals surface area contributed by atoms with Crippen molar-refractivity contribution in [1.82, 2.24) is 4.90 Å². The molecule has 3 aliphatic rings. The van der Waals surface area contributed by atoms with Gasteiger partial charge in [-0.3, -0.25) is 14.7 Å². The van der Waals surface area contributed by atoms with Gasteiger partial charge in [0, 0.05) is 30.6 Å². The molecule has 0 aromatic heterocycles. The summed E-state index contributed by atoms with van der Waals surface area (Å²) in [5, 5.41) is 0. The number of para-hydroxylation sites is 1. The Morgan fingerprint density at radius 3 is 2.68 bits per heavy atom. The van der Waals surface area contributed by atoms with E-state index in [1.807, 2.05) is 72.3 Å². The van der Waals surface area contributed by atoms with E-state index >= 15 is 0 Å². The topological polar surface area (TPSA) is 54.4 Å². The number of fused-ring (bicyclic) bond motifs is 1. The van der Waals surface area contributed by atoms with Crippen molar-refractivity contribution in [3.63, 3.8) is 0 Å². The SMILES string of the molecule is CC1=NCCN(C)C2=C1C(c1ccc3c(c1)OCO3)N(c1ccccc1)C2=O. The molecule has 6 nitrogen and oxygen atoms in total. The number of carbonyl (C=O) groups is 1. The third-order valence-electron chi connectivity index (χ3n) is 5.51. The van der Waals surface area contributed by atoms with Crippen LogP contribution in [-0.4, -0.2) is 43.4 Å². The maximum absolute atomic E-state index is 13.6. The van der Waals surface area contributed by atoms with Gasteiger partial charge in [-0.05, 0) is 36.8 Å². The molecule has 0 N–H and O–H groups in total. The van der Waals surface area contributed by atoms with Crippen molar-refractivity contribution in [2.75, 3.05) is 31.8 Å².